The van der Waals surface area contributed by atoms with Gasteiger partial charge < -0.3 is 15.0 Å². The Bertz CT molecular complexity index is 1320. The number of halogens is 5. The zero-order valence-corrected chi connectivity index (χ0v) is 23.1. The summed E-state index contributed by atoms with van der Waals surface area (Å²) in [6.45, 7) is 3.49. The van der Waals surface area contributed by atoms with Crippen LogP contribution >= 0.6 is 0 Å². The van der Waals surface area contributed by atoms with E-state index < -0.39 is 17.7 Å². The number of rotatable bonds is 10. The van der Waals surface area contributed by atoms with E-state index in [-0.39, 0.29) is 59.3 Å². The molecule has 1 saturated carbocycles. The number of nitrogens with one attached hydrogen (secondary N) is 1. The highest BCUT2D eigenvalue weighted by Crippen LogP contribution is 2.40. The predicted octanol–water partition coefficient (Wildman–Crippen LogP) is 8.11. The fourth-order valence-corrected chi connectivity index (χ4v) is 5.31. The van der Waals surface area contributed by atoms with Gasteiger partial charge >= 0.3 is 6.18 Å². The highest BCUT2D eigenvalue weighted by molar-refractivity contribution is 5.80. The molecule has 2 unspecified atom stereocenters. The Kier molecular flexibility index (Phi) is 9.34. The normalized spacial score (nSPS) is 20.0. The Labute approximate surface area is 236 Å². The first-order valence-electron chi connectivity index (χ1n) is 13.9. The molecule has 3 atom stereocenters. The summed E-state index contributed by atoms with van der Waals surface area (Å²) < 4.78 is 80.4. The molecule has 0 saturated heterocycles. The number of aryl methyl sites for hydroxylation is 1. The number of ether oxygens (including phenoxy) is 1. The fourth-order valence-electron chi connectivity index (χ4n) is 5.31. The van der Waals surface area contributed by atoms with Gasteiger partial charge in [-0.25, -0.2) is 8.78 Å². The van der Waals surface area contributed by atoms with E-state index in [1.165, 1.54) is 31.2 Å². The highest BCUT2D eigenvalue weighted by atomic mass is 19.4. The Morgan fingerprint density at radius 3 is 2.49 bits per heavy atom. The Morgan fingerprint density at radius 2 is 1.83 bits per heavy atom. The van der Waals surface area contributed by atoms with Crippen LogP contribution in [0.5, 0.6) is 5.75 Å². The fraction of sp³-hybridized carbons (Fsp3) is 0.500. The van der Waals surface area contributed by atoms with Crippen LogP contribution in [0.25, 0.3) is 11.4 Å². The maximum atomic E-state index is 13.9. The van der Waals surface area contributed by atoms with E-state index in [4.69, 9.17) is 20.4 Å². The monoisotopic (exact) mass is 578 g/mol. The minimum atomic E-state index is -4.68. The number of amidine groups is 1. The molecule has 0 aliphatic heterocycles. The summed E-state index contributed by atoms with van der Waals surface area (Å²) in [7, 11) is 0. The van der Waals surface area contributed by atoms with Gasteiger partial charge in [-0.1, -0.05) is 49.7 Å². The third kappa shape index (κ3) is 7.42. The molecule has 4 rings (SSSR count). The summed E-state index contributed by atoms with van der Waals surface area (Å²) in [6.07, 6.45) is -0.939. The van der Waals surface area contributed by atoms with Gasteiger partial charge in [-0.3, -0.25) is 5.41 Å². The Hall–Kier alpha value is -3.50. The van der Waals surface area contributed by atoms with E-state index >= 15 is 0 Å². The van der Waals surface area contributed by atoms with Gasteiger partial charge in [0, 0.05) is 29.4 Å². The van der Waals surface area contributed by atoms with Crippen LogP contribution in [0.4, 0.5) is 22.0 Å². The average Bonchev–Trinajstić information content (AvgIpc) is 3.34. The SMILES string of the molecule is CCC(F)(F)c1ccc(CCCOc2ccc(-c3noc([C@@H]4CCCC(C)C(C(=N)N)C4)n3)cc2C(F)(F)F)cc1. The molecular formula is C30H35F5N4O2. The number of aromatic nitrogens is 2. The Morgan fingerprint density at radius 1 is 1.10 bits per heavy atom. The van der Waals surface area contributed by atoms with Crippen molar-refractivity contribution in [1.82, 2.24) is 10.1 Å². The van der Waals surface area contributed by atoms with E-state index in [2.05, 4.69) is 17.1 Å². The summed E-state index contributed by atoms with van der Waals surface area (Å²) in [5.41, 5.74) is 5.73. The van der Waals surface area contributed by atoms with Crippen molar-refractivity contribution in [2.45, 2.75) is 76.8 Å². The highest BCUT2D eigenvalue weighted by Gasteiger charge is 2.36. The summed E-state index contributed by atoms with van der Waals surface area (Å²) in [6, 6.07) is 9.61. The minimum Gasteiger partial charge on any atom is -0.493 e. The van der Waals surface area contributed by atoms with Gasteiger partial charge in [0.05, 0.1) is 18.0 Å². The molecule has 11 heteroatoms. The van der Waals surface area contributed by atoms with Crippen LogP contribution in [0.2, 0.25) is 0 Å². The number of hydrogen-bond acceptors (Lipinski definition) is 5. The Balaban J connectivity index is 1.42. The number of alkyl halides is 5. The van der Waals surface area contributed by atoms with E-state index in [0.29, 0.717) is 25.2 Å². The average molecular weight is 579 g/mol. The maximum absolute atomic E-state index is 13.9. The largest absolute Gasteiger partial charge is 0.493 e. The number of hydrogen-bond donors (Lipinski definition) is 2. The van der Waals surface area contributed by atoms with Gasteiger partial charge in [-0.2, -0.15) is 18.2 Å². The van der Waals surface area contributed by atoms with Crippen LogP contribution in [0.1, 0.15) is 80.9 Å². The molecular weight excluding hydrogens is 543 g/mol. The van der Waals surface area contributed by atoms with Crippen molar-refractivity contribution >= 4 is 5.84 Å². The smallest absolute Gasteiger partial charge is 0.419 e. The first-order valence-corrected chi connectivity index (χ1v) is 13.9. The lowest BCUT2D eigenvalue weighted by atomic mass is 9.86. The molecule has 41 heavy (non-hydrogen) atoms. The van der Waals surface area contributed by atoms with Gasteiger partial charge in [0.1, 0.15) is 5.75 Å². The lowest BCUT2D eigenvalue weighted by Gasteiger charge is -2.21. The molecule has 6 nitrogen and oxygen atoms in total. The molecule has 3 N–H and O–H groups in total. The summed E-state index contributed by atoms with van der Waals surface area (Å²) in [5, 5.41) is 11.9. The van der Waals surface area contributed by atoms with Crippen molar-refractivity contribution in [3.8, 4) is 17.1 Å². The molecule has 1 fully saturated rings. The number of benzene rings is 2. The van der Waals surface area contributed by atoms with Crippen molar-refractivity contribution in [2.24, 2.45) is 17.6 Å². The van der Waals surface area contributed by atoms with Crippen LogP contribution in [-0.4, -0.2) is 22.6 Å². The molecule has 2 aromatic carbocycles. The van der Waals surface area contributed by atoms with E-state index in [1.54, 1.807) is 12.1 Å². The lowest BCUT2D eigenvalue weighted by Crippen LogP contribution is -2.28. The van der Waals surface area contributed by atoms with Gasteiger partial charge in [0.2, 0.25) is 11.7 Å². The molecule has 0 spiro atoms. The van der Waals surface area contributed by atoms with Crippen molar-refractivity contribution < 1.29 is 31.2 Å². The van der Waals surface area contributed by atoms with Crippen molar-refractivity contribution in [1.29, 1.82) is 5.41 Å². The van der Waals surface area contributed by atoms with Crippen LogP contribution in [0.3, 0.4) is 0 Å². The third-order valence-electron chi connectivity index (χ3n) is 7.86. The molecule has 222 valence electrons. The van der Waals surface area contributed by atoms with Gasteiger partial charge in [0.25, 0.3) is 5.92 Å². The quantitative estimate of drug-likeness (QED) is 0.0833. The van der Waals surface area contributed by atoms with E-state index in [0.717, 1.165) is 30.9 Å². The molecule has 0 bridgehead atoms. The topological polar surface area (TPSA) is 98.0 Å². The summed E-state index contributed by atoms with van der Waals surface area (Å²) in [4.78, 5) is 4.41. The van der Waals surface area contributed by atoms with Gasteiger partial charge in [-0.15, -0.1) is 0 Å². The first kappa shape index (κ1) is 30.5. The molecule has 1 aromatic heterocycles. The molecule has 1 aliphatic rings. The second-order valence-corrected chi connectivity index (χ2v) is 10.8. The van der Waals surface area contributed by atoms with Gasteiger partial charge in [-0.05, 0) is 61.8 Å². The zero-order chi connectivity index (χ0) is 29.8. The maximum Gasteiger partial charge on any atom is 0.419 e. The molecule has 0 amide bonds. The van der Waals surface area contributed by atoms with Crippen molar-refractivity contribution in [3.05, 3.63) is 65.0 Å². The molecule has 1 aliphatic carbocycles. The van der Waals surface area contributed by atoms with E-state index in [9.17, 15) is 22.0 Å². The van der Waals surface area contributed by atoms with Crippen LogP contribution in [0.15, 0.2) is 47.0 Å². The standard InChI is InChI=1S/C30H35F5N4O2/c1-3-29(31,32)22-12-9-19(10-13-22)7-5-15-40-25-14-11-20(17-24(25)30(33,34)35)27-38-28(41-39-27)21-8-4-6-18(2)23(16-21)26(36)37/h9-14,17-18,21,23H,3-8,15-16H2,1-2H3,(H3,36,37)/t18?,21-,23?/m1/s1. The zero-order valence-electron chi connectivity index (χ0n) is 23.1. The van der Waals surface area contributed by atoms with Crippen LogP contribution < -0.4 is 10.5 Å². The third-order valence-corrected chi connectivity index (χ3v) is 7.86. The summed E-state index contributed by atoms with van der Waals surface area (Å²) in [5.74, 6) is -2.70. The molecule has 3 aromatic rings. The summed E-state index contributed by atoms with van der Waals surface area (Å²) >= 11 is 0. The van der Waals surface area contributed by atoms with Crippen molar-refractivity contribution in [3.63, 3.8) is 0 Å². The first-order chi connectivity index (χ1) is 19.4. The van der Waals surface area contributed by atoms with Crippen molar-refractivity contribution in [2.75, 3.05) is 6.61 Å². The predicted molar refractivity (Wildman–Crippen MR) is 145 cm³/mol. The molecule has 0 radical (unpaired) electrons. The lowest BCUT2D eigenvalue weighted by molar-refractivity contribution is -0.138. The molecule has 1 heterocycles. The van der Waals surface area contributed by atoms with Gasteiger partial charge in [0.15, 0.2) is 0 Å². The number of nitrogens with zero attached hydrogens (tertiary/aromatic N) is 2. The second-order valence-electron chi connectivity index (χ2n) is 10.8. The van der Waals surface area contributed by atoms with Crippen LogP contribution in [-0.2, 0) is 18.5 Å². The van der Waals surface area contributed by atoms with E-state index in [1.807, 2.05) is 0 Å². The number of nitrogens with two attached hydrogens (primary N) is 1. The second kappa shape index (κ2) is 12.6. The minimum absolute atomic E-state index is 0.0130. The van der Waals surface area contributed by atoms with Crippen LogP contribution in [0, 0.1) is 17.2 Å².